The van der Waals surface area contributed by atoms with Crippen molar-refractivity contribution in [2.45, 2.75) is 6.92 Å². The smallest absolute Gasteiger partial charge is 1.00 e. The number of nitrogens with zero attached hydrogens (tertiary/aromatic N) is 2. The Kier molecular flexibility index (Phi) is 9.25. The molecule has 0 spiro atoms. The molecule has 0 aliphatic heterocycles. The molecule has 0 saturated heterocycles. The van der Waals surface area contributed by atoms with Crippen molar-refractivity contribution >= 4 is 22.3 Å². The van der Waals surface area contributed by atoms with E-state index in [1.54, 1.807) is 23.8 Å². The summed E-state index contributed by atoms with van der Waals surface area (Å²) in [4.78, 5) is 19.7. The Labute approximate surface area is 185 Å². The van der Waals surface area contributed by atoms with Crippen LogP contribution in [0, 0.1) is 0 Å². The summed E-state index contributed by atoms with van der Waals surface area (Å²) in [6, 6.07) is 6.37. The molecule has 0 unspecified atom stereocenters. The maximum atomic E-state index is 12.1. The number of para-hydroxylation sites is 2. The van der Waals surface area contributed by atoms with Gasteiger partial charge in [-0.25, -0.2) is 9.52 Å². The average Bonchev–Trinajstić information content (AvgIpc) is 2.62. The van der Waals surface area contributed by atoms with Gasteiger partial charge in [-0.15, -0.1) is 0 Å². The number of nitrogens with one attached hydrogen (secondary N) is 2. The van der Waals surface area contributed by atoms with Crippen molar-refractivity contribution in [3.8, 4) is 23.3 Å². The van der Waals surface area contributed by atoms with E-state index < -0.39 is 16.3 Å². The summed E-state index contributed by atoms with van der Waals surface area (Å²) in [7, 11) is -1.76. The van der Waals surface area contributed by atoms with Crippen molar-refractivity contribution in [1.82, 2.24) is 14.7 Å². The predicted octanol–water partition coefficient (Wildman–Crippen LogP) is -1.55. The van der Waals surface area contributed by atoms with Crippen molar-refractivity contribution in [2.24, 2.45) is 0 Å². The van der Waals surface area contributed by atoms with Gasteiger partial charge in [-0.1, -0.05) is 12.1 Å². The van der Waals surface area contributed by atoms with Gasteiger partial charge in [0.1, 0.15) is 0 Å². The fourth-order valence-electron chi connectivity index (χ4n) is 1.84. The van der Waals surface area contributed by atoms with Crippen molar-refractivity contribution in [2.75, 3.05) is 26.1 Å². The first-order valence-electron chi connectivity index (χ1n) is 7.59. The number of hydrogen-bond acceptors (Lipinski definition) is 9. The van der Waals surface area contributed by atoms with Gasteiger partial charge in [-0.2, -0.15) is 18.4 Å². The van der Waals surface area contributed by atoms with Gasteiger partial charge in [0, 0.05) is 0 Å². The molecular formula is C15H19N4NaO7S. The van der Waals surface area contributed by atoms with E-state index in [4.69, 9.17) is 18.4 Å². The molecule has 2 amide bonds. The zero-order chi connectivity index (χ0) is 19.9. The summed E-state index contributed by atoms with van der Waals surface area (Å²) in [5, 5.41) is 2.15. The monoisotopic (exact) mass is 422 g/mol. The van der Waals surface area contributed by atoms with Gasteiger partial charge < -0.3 is 19.8 Å². The molecule has 0 aliphatic carbocycles. The Morgan fingerprint density at radius 1 is 1.11 bits per heavy atom. The zero-order valence-electron chi connectivity index (χ0n) is 16.8. The van der Waals surface area contributed by atoms with Gasteiger partial charge in [-0.05, 0) is 19.1 Å². The Balaban J connectivity index is 0.00000392. The summed E-state index contributed by atoms with van der Waals surface area (Å²) in [5.74, 6) is 0.142. The van der Waals surface area contributed by atoms with Crippen LogP contribution < -0.4 is 58.0 Å². The third-order valence-corrected chi connectivity index (χ3v) is 3.72. The molecule has 1 aromatic carbocycles. The number of methoxy groups -OCH3 is 2. The largest absolute Gasteiger partial charge is 1.00 e. The molecule has 0 bridgehead atoms. The minimum Gasteiger partial charge on any atom is -1.00 e. The minimum atomic E-state index is -4.49. The van der Waals surface area contributed by atoms with E-state index in [9.17, 15) is 13.2 Å². The van der Waals surface area contributed by atoms with Crippen molar-refractivity contribution < 1.29 is 62.6 Å². The summed E-state index contributed by atoms with van der Waals surface area (Å²) in [5.41, 5.74) is 0. The molecular weight excluding hydrogens is 403 g/mol. The van der Waals surface area contributed by atoms with E-state index >= 15 is 0 Å². The maximum Gasteiger partial charge on any atom is 1.00 e. The van der Waals surface area contributed by atoms with Crippen LogP contribution in [0.3, 0.4) is 0 Å². The number of rotatable bonds is 8. The standard InChI is InChI=1S/C15H18N4O7S.Na.H/c1-4-25-10-7-5-6-8-11(10)26-27(21,22)19-15(20)18-14-16-12(23-2)9-13(17-14)24-3;;/h5-9H,4H2,1-3H3,(H2,16,17,18,19,20);;/q;+1;-1. The fourth-order valence-corrected chi connectivity index (χ4v) is 2.54. The maximum absolute atomic E-state index is 12.1. The van der Waals surface area contributed by atoms with Gasteiger partial charge >= 0.3 is 45.9 Å². The molecule has 2 N–H and O–H groups in total. The number of hydrogen-bond donors (Lipinski definition) is 2. The van der Waals surface area contributed by atoms with E-state index in [2.05, 4.69) is 15.3 Å². The first-order chi connectivity index (χ1) is 12.9. The molecule has 148 valence electrons. The summed E-state index contributed by atoms with van der Waals surface area (Å²) in [6.45, 7) is 2.04. The summed E-state index contributed by atoms with van der Waals surface area (Å²) >= 11 is 0. The van der Waals surface area contributed by atoms with Gasteiger partial charge in [0.2, 0.25) is 17.7 Å². The van der Waals surface area contributed by atoms with Crippen LogP contribution in [0.2, 0.25) is 0 Å². The molecule has 2 aromatic rings. The molecule has 28 heavy (non-hydrogen) atoms. The SMILES string of the molecule is CCOc1ccccc1OS(=O)(=O)NC(=O)Nc1nc(OC)cc(OC)n1.[H-].[Na+]. The van der Waals surface area contributed by atoms with Crippen LogP contribution >= 0.6 is 0 Å². The number of carbonyl (C=O) groups excluding carboxylic acids is 1. The molecule has 0 atom stereocenters. The van der Waals surface area contributed by atoms with Gasteiger partial charge in [-0.3, -0.25) is 5.32 Å². The minimum absolute atomic E-state index is 0. The quantitative estimate of drug-likeness (QED) is 0.485. The number of benzene rings is 1. The van der Waals surface area contributed by atoms with Crippen LogP contribution in [0.25, 0.3) is 0 Å². The third kappa shape index (κ3) is 7.03. The molecule has 2 rings (SSSR count). The summed E-state index contributed by atoms with van der Waals surface area (Å²) < 4.78 is 45.8. The summed E-state index contributed by atoms with van der Waals surface area (Å²) in [6.07, 6.45) is 0. The number of amides is 2. The van der Waals surface area contributed by atoms with E-state index in [0.29, 0.717) is 6.61 Å². The van der Waals surface area contributed by atoms with Crippen LogP contribution in [0.1, 0.15) is 8.35 Å². The molecule has 1 aromatic heterocycles. The molecule has 0 fully saturated rings. The number of carbonyl (C=O) groups is 1. The van der Waals surface area contributed by atoms with Crippen LogP contribution in [0.5, 0.6) is 23.3 Å². The molecule has 1 heterocycles. The van der Waals surface area contributed by atoms with Gasteiger partial charge in [0.05, 0.1) is 26.9 Å². The predicted molar refractivity (Wildman–Crippen MR) is 95.6 cm³/mol. The average molecular weight is 422 g/mol. The van der Waals surface area contributed by atoms with Crippen LogP contribution in [-0.4, -0.2) is 45.2 Å². The number of ether oxygens (including phenoxy) is 3. The topological polar surface area (TPSA) is 138 Å². The molecule has 0 aliphatic rings. The van der Waals surface area contributed by atoms with E-state index in [0.717, 1.165) is 0 Å². The number of anilines is 1. The van der Waals surface area contributed by atoms with Crippen LogP contribution in [-0.2, 0) is 10.3 Å². The first-order valence-corrected chi connectivity index (χ1v) is 8.99. The van der Waals surface area contributed by atoms with Gasteiger partial charge in [0.15, 0.2) is 11.5 Å². The Morgan fingerprint density at radius 2 is 1.68 bits per heavy atom. The normalized spacial score (nSPS) is 10.2. The Hall–Kier alpha value is -2.28. The van der Waals surface area contributed by atoms with Crippen LogP contribution in [0.4, 0.5) is 10.7 Å². The van der Waals surface area contributed by atoms with Crippen molar-refractivity contribution in [1.29, 1.82) is 0 Å². The molecule has 13 heteroatoms. The Bertz CT molecular complexity index is 895. The zero-order valence-corrected chi connectivity index (χ0v) is 18.6. The van der Waals surface area contributed by atoms with E-state index in [-0.39, 0.29) is 60.2 Å². The second kappa shape index (κ2) is 10.9. The van der Waals surface area contributed by atoms with Crippen molar-refractivity contribution in [3.05, 3.63) is 30.3 Å². The van der Waals surface area contributed by atoms with E-state index in [1.165, 1.54) is 32.4 Å². The van der Waals surface area contributed by atoms with Crippen molar-refractivity contribution in [3.63, 3.8) is 0 Å². The third-order valence-electron chi connectivity index (χ3n) is 2.89. The van der Waals surface area contributed by atoms with Gasteiger partial charge in [0.25, 0.3) is 0 Å². The fraction of sp³-hybridized carbons (Fsp3) is 0.267. The Morgan fingerprint density at radius 3 is 2.21 bits per heavy atom. The van der Waals surface area contributed by atoms with E-state index in [1.807, 2.05) is 0 Å². The van der Waals surface area contributed by atoms with Crippen LogP contribution in [0.15, 0.2) is 30.3 Å². The second-order valence-corrected chi connectivity index (χ2v) is 6.03. The number of urea groups is 1. The number of aromatic nitrogens is 2. The molecule has 0 saturated carbocycles. The molecule has 0 radical (unpaired) electrons. The second-order valence-electron chi connectivity index (χ2n) is 4.75. The molecule has 11 nitrogen and oxygen atoms in total. The first kappa shape index (κ1) is 23.8.